The number of anilines is 1. The van der Waals surface area contributed by atoms with Gasteiger partial charge in [-0.05, 0) is 61.9 Å². The third kappa shape index (κ3) is 6.07. The van der Waals surface area contributed by atoms with E-state index in [0.717, 1.165) is 81.8 Å². The summed E-state index contributed by atoms with van der Waals surface area (Å²) in [6.45, 7) is 11.5. The summed E-state index contributed by atoms with van der Waals surface area (Å²) in [7, 11) is 0. The fourth-order valence-corrected chi connectivity index (χ4v) is 4.79. The summed E-state index contributed by atoms with van der Waals surface area (Å²) in [6.07, 6.45) is 8.07. The Balaban J connectivity index is 1.95. The Morgan fingerprint density at radius 1 is 0.900 bits per heavy atom. The molecule has 1 aromatic rings. The van der Waals surface area contributed by atoms with Crippen molar-refractivity contribution in [3.63, 3.8) is 0 Å². The molecule has 5 nitrogen and oxygen atoms in total. The minimum atomic E-state index is 0.0855. The third-order valence-corrected chi connectivity index (χ3v) is 6.26. The van der Waals surface area contributed by atoms with E-state index in [4.69, 9.17) is 0 Å². The molecule has 0 bridgehead atoms. The van der Waals surface area contributed by atoms with Gasteiger partial charge in [-0.2, -0.15) is 0 Å². The second kappa shape index (κ2) is 10.9. The first-order valence-electron chi connectivity index (χ1n) is 11.9. The average Bonchev–Trinajstić information content (AvgIpc) is 3.23. The van der Waals surface area contributed by atoms with Crippen molar-refractivity contribution in [2.24, 2.45) is 5.92 Å². The second-order valence-electron chi connectivity index (χ2n) is 9.41. The van der Waals surface area contributed by atoms with Gasteiger partial charge in [-0.1, -0.05) is 33.1 Å². The van der Waals surface area contributed by atoms with Gasteiger partial charge in [0.15, 0.2) is 0 Å². The first-order valence-corrected chi connectivity index (χ1v) is 11.9. The van der Waals surface area contributed by atoms with Crippen LogP contribution in [0.1, 0.15) is 81.6 Å². The highest BCUT2D eigenvalue weighted by Crippen LogP contribution is 2.27. The lowest BCUT2D eigenvalue weighted by Gasteiger charge is -2.30. The summed E-state index contributed by atoms with van der Waals surface area (Å²) in [4.78, 5) is 31.9. The van der Waals surface area contributed by atoms with Crippen LogP contribution in [-0.4, -0.2) is 54.3 Å². The van der Waals surface area contributed by atoms with Crippen molar-refractivity contribution in [1.82, 2.24) is 9.80 Å². The Labute approximate surface area is 182 Å². The molecule has 0 saturated carbocycles. The standard InChI is InChI=1S/C25H39N3O2/c1-20(2)18-26-13-7-5-4-6-8-16-28(21(3)29)24-12-11-22(17-23(24)19-26)25(30)27-14-9-10-15-27/h11-12,17,20H,4-10,13-16,18-19H2,1-3H3. The maximum absolute atomic E-state index is 13.0. The average molecular weight is 414 g/mol. The Kier molecular flexibility index (Phi) is 8.32. The molecule has 0 spiro atoms. The lowest BCUT2D eigenvalue weighted by molar-refractivity contribution is -0.116. The molecule has 2 amide bonds. The molecule has 1 aromatic carbocycles. The van der Waals surface area contributed by atoms with Crippen LogP contribution >= 0.6 is 0 Å². The monoisotopic (exact) mass is 413 g/mol. The van der Waals surface area contributed by atoms with Crippen molar-refractivity contribution in [2.45, 2.75) is 72.3 Å². The lowest BCUT2D eigenvalue weighted by atomic mass is 10.0. The number of amides is 2. The van der Waals surface area contributed by atoms with Gasteiger partial charge < -0.3 is 9.80 Å². The van der Waals surface area contributed by atoms with Gasteiger partial charge in [0, 0.05) is 50.9 Å². The van der Waals surface area contributed by atoms with E-state index in [2.05, 4.69) is 24.8 Å². The number of likely N-dealkylation sites (tertiary alicyclic amines) is 1. The molecule has 3 rings (SSSR count). The van der Waals surface area contributed by atoms with E-state index in [-0.39, 0.29) is 11.8 Å². The molecule has 0 aliphatic carbocycles. The van der Waals surface area contributed by atoms with Crippen molar-refractivity contribution >= 4 is 17.5 Å². The summed E-state index contributed by atoms with van der Waals surface area (Å²) in [5, 5.41) is 0. The van der Waals surface area contributed by atoms with Crippen LogP contribution in [0.2, 0.25) is 0 Å². The number of carbonyl (C=O) groups is 2. The highest BCUT2D eigenvalue weighted by Gasteiger charge is 2.23. The van der Waals surface area contributed by atoms with Crippen molar-refractivity contribution in [2.75, 3.05) is 37.6 Å². The zero-order valence-electron chi connectivity index (χ0n) is 19.2. The summed E-state index contributed by atoms with van der Waals surface area (Å²) >= 11 is 0. The SMILES string of the molecule is CC(=O)N1CCCCCCCN(CC(C)C)Cc2cc(C(=O)N3CCCC3)ccc21. The van der Waals surface area contributed by atoms with Crippen LogP contribution < -0.4 is 4.90 Å². The molecule has 0 aromatic heterocycles. The minimum Gasteiger partial charge on any atom is -0.339 e. The third-order valence-electron chi connectivity index (χ3n) is 6.26. The minimum absolute atomic E-state index is 0.0855. The lowest BCUT2D eigenvalue weighted by Crippen LogP contribution is -2.34. The predicted molar refractivity (Wildman–Crippen MR) is 123 cm³/mol. The van der Waals surface area contributed by atoms with Crippen molar-refractivity contribution < 1.29 is 9.59 Å². The molecule has 2 aliphatic rings. The molecule has 0 unspecified atom stereocenters. The van der Waals surface area contributed by atoms with E-state index in [0.29, 0.717) is 5.92 Å². The van der Waals surface area contributed by atoms with Crippen LogP contribution in [0.25, 0.3) is 0 Å². The van der Waals surface area contributed by atoms with E-state index in [1.54, 1.807) is 6.92 Å². The first kappa shape index (κ1) is 22.8. The summed E-state index contributed by atoms with van der Waals surface area (Å²) < 4.78 is 0. The van der Waals surface area contributed by atoms with E-state index in [1.807, 2.05) is 21.9 Å². The molecule has 1 saturated heterocycles. The Hall–Kier alpha value is -1.88. The molecule has 0 atom stereocenters. The van der Waals surface area contributed by atoms with Crippen LogP contribution in [0, 0.1) is 5.92 Å². The van der Waals surface area contributed by atoms with Gasteiger partial charge in [0.1, 0.15) is 0 Å². The molecular weight excluding hydrogens is 374 g/mol. The van der Waals surface area contributed by atoms with Gasteiger partial charge in [0.05, 0.1) is 0 Å². The summed E-state index contributed by atoms with van der Waals surface area (Å²) in [6, 6.07) is 6.00. The van der Waals surface area contributed by atoms with Gasteiger partial charge in [-0.15, -0.1) is 0 Å². The van der Waals surface area contributed by atoms with Gasteiger partial charge >= 0.3 is 0 Å². The van der Waals surface area contributed by atoms with Crippen LogP contribution in [0.5, 0.6) is 0 Å². The van der Waals surface area contributed by atoms with Crippen molar-refractivity contribution in [1.29, 1.82) is 0 Å². The van der Waals surface area contributed by atoms with E-state index in [9.17, 15) is 9.59 Å². The smallest absolute Gasteiger partial charge is 0.253 e. The zero-order valence-corrected chi connectivity index (χ0v) is 19.2. The number of nitrogens with zero attached hydrogens (tertiary/aromatic N) is 3. The normalized spacial score (nSPS) is 19.3. The first-order chi connectivity index (χ1) is 14.5. The second-order valence-corrected chi connectivity index (χ2v) is 9.41. The zero-order chi connectivity index (χ0) is 21.5. The van der Waals surface area contributed by atoms with Gasteiger partial charge in [0.25, 0.3) is 5.91 Å². The van der Waals surface area contributed by atoms with Gasteiger partial charge in [-0.25, -0.2) is 0 Å². The maximum atomic E-state index is 13.0. The molecule has 0 N–H and O–H groups in total. The fraction of sp³-hybridized carbons (Fsp3) is 0.680. The number of fused-ring (bicyclic) bond motifs is 1. The molecular formula is C25H39N3O2. The quantitative estimate of drug-likeness (QED) is 0.722. The van der Waals surface area contributed by atoms with Gasteiger partial charge in [-0.3, -0.25) is 14.5 Å². The Morgan fingerprint density at radius 2 is 1.53 bits per heavy atom. The molecule has 0 radical (unpaired) electrons. The molecule has 166 valence electrons. The topological polar surface area (TPSA) is 43.9 Å². The number of hydrogen-bond donors (Lipinski definition) is 0. The van der Waals surface area contributed by atoms with Crippen LogP contribution in [-0.2, 0) is 11.3 Å². The molecule has 2 aliphatic heterocycles. The maximum Gasteiger partial charge on any atom is 0.253 e. The number of rotatable bonds is 3. The summed E-state index contributed by atoms with van der Waals surface area (Å²) in [5.74, 6) is 0.799. The van der Waals surface area contributed by atoms with E-state index < -0.39 is 0 Å². The largest absolute Gasteiger partial charge is 0.339 e. The fourth-order valence-electron chi connectivity index (χ4n) is 4.79. The molecule has 30 heavy (non-hydrogen) atoms. The molecule has 2 heterocycles. The number of carbonyl (C=O) groups excluding carboxylic acids is 2. The summed E-state index contributed by atoms with van der Waals surface area (Å²) in [5.41, 5.74) is 2.85. The van der Waals surface area contributed by atoms with Gasteiger partial charge in [0.2, 0.25) is 5.91 Å². The molecule has 5 heteroatoms. The highest BCUT2D eigenvalue weighted by molar-refractivity contribution is 5.97. The predicted octanol–water partition coefficient (Wildman–Crippen LogP) is 4.70. The van der Waals surface area contributed by atoms with Crippen molar-refractivity contribution in [3.8, 4) is 0 Å². The van der Waals surface area contributed by atoms with Crippen molar-refractivity contribution in [3.05, 3.63) is 29.3 Å². The van der Waals surface area contributed by atoms with Crippen LogP contribution in [0.4, 0.5) is 5.69 Å². The van der Waals surface area contributed by atoms with E-state index in [1.165, 1.54) is 19.3 Å². The van der Waals surface area contributed by atoms with Crippen LogP contribution in [0.15, 0.2) is 18.2 Å². The Morgan fingerprint density at radius 3 is 2.20 bits per heavy atom. The number of hydrogen-bond acceptors (Lipinski definition) is 3. The molecule has 1 fully saturated rings. The highest BCUT2D eigenvalue weighted by atomic mass is 16.2. The van der Waals surface area contributed by atoms with E-state index >= 15 is 0 Å². The Bertz CT molecular complexity index is 725. The van der Waals surface area contributed by atoms with Crippen LogP contribution in [0.3, 0.4) is 0 Å². The number of benzene rings is 1.